The Balaban J connectivity index is 2.15. The van der Waals surface area contributed by atoms with Crippen molar-refractivity contribution in [2.45, 2.75) is 13.5 Å². The number of hydrogen-bond donors (Lipinski definition) is 0. The van der Waals surface area contributed by atoms with Crippen LogP contribution in [0.5, 0.6) is 11.5 Å². The fraction of sp³-hybridized carbons (Fsp3) is 0.188. The second-order valence-corrected chi connectivity index (χ2v) is 4.89. The molecule has 116 valence electrons. The summed E-state index contributed by atoms with van der Waals surface area (Å²) in [7, 11) is 1.21. The van der Waals surface area contributed by atoms with E-state index in [0.29, 0.717) is 16.1 Å². The van der Waals surface area contributed by atoms with Crippen molar-refractivity contribution in [3.8, 4) is 11.5 Å². The largest absolute Gasteiger partial charge is 0.513 e. The molecule has 0 unspecified atom stereocenters. The van der Waals surface area contributed by atoms with Crippen LogP contribution in [0.15, 0.2) is 36.4 Å². The van der Waals surface area contributed by atoms with Gasteiger partial charge in [0, 0.05) is 16.7 Å². The smallest absolute Gasteiger partial charge is 0.486 e. The standard InChI is InChI=1S/C16H14ClFO4/c1-10-7-13(18)15(8-12(10)17)21-9-11-5-3-4-6-14(11)22-16(19)20-2/h3-8H,9H2,1-2H3. The van der Waals surface area contributed by atoms with Gasteiger partial charge in [-0.2, -0.15) is 0 Å². The van der Waals surface area contributed by atoms with Crippen molar-refractivity contribution in [1.29, 1.82) is 0 Å². The van der Waals surface area contributed by atoms with Crippen LogP contribution in [0.25, 0.3) is 0 Å². The second kappa shape index (κ2) is 7.13. The molecule has 0 amide bonds. The average molecular weight is 325 g/mol. The van der Waals surface area contributed by atoms with Crippen LogP contribution >= 0.6 is 11.6 Å². The molecular weight excluding hydrogens is 311 g/mol. The van der Waals surface area contributed by atoms with Crippen molar-refractivity contribution < 1.29 is 23.4 Å². The summed E-state index contributed by atoms with van der Waals surface area (Å²) < 4.78 is 28.7. The van der Waals surface area contributed by atoms with Gasteiger partial charge in [0.1, 0.15) is 12.4 Å². The molecular formula is C16H14ClFO4. The summed E-state index contributed by atoms with van der Waals surface area (Å²) in [5.41, 5.74) is 1.20. The Hall–Kier alpha value is -2.27. The molecule has 2 rings (SSSR count). The highest BCUT2D eigenvalue weighted by Gasteiger charge is 2.12. The van der Waals surface area contributed by atoms with Crippen molar-refractivity contribution in [3.63, 3.8) is 0 Å². The third-order valence-corrected chi connectivity index (χ3v) is 3.34. The first kappa shape index (κ1) is 16.1. The molecule has 2 aromatic rings. The molecule has 0 fully saturated rings. The maximum absolute atomic E-state index is 13.8. The van der Waals surface area contributed by atoms with Crippen LogP contribution in [0.1, 0.15) is 11.1 Å². The molecule has 0 radical (unpaired) electrons. The Kier molecular flexibility index (Phi) is 5.22. The van der Waals surface area contributed by atoms with Gasteiger partial charge >= 0.3 is 6.16 Å². The number of hydrogen-bond acceptors (Lipinski definition) is 4. The van der Waals surface area contributed by atoms with E-state index in [1.54, 1.807) is 31.2 Å². The molecule has 0 saturated heterocycles. The Labute approximate surface area is 132 Å². The molecule has 0 spiro atoms. The van der Waals surface area contributed by atoms with Gasteiger partial charge in [0.15, 0.2) is 11.6 Å². The van der Waals surface area contributed by atoms with E-state index in [2.05, 4.69) is 4.74 Å². The third-order valence-electron chi connectivity index (χ3n) is 2.93. The Morgan fingerprint density at radius 2 is 1.95 bits per heavy atom. The molecule has 4 nitrogen and oxygen atoms in total. The lowest BCUT2D eigenvalue weighted by molar-refractivity contribution is 0.120. The summed E-state index contributed by atoms with van der Waals surface area (Å²) in [6.07, 6.45) is -0.836. The maximum atomic E-state index is 13.8. The molecule has 0 aliphatic rings. The van der Waals surface area contributed by atoms with Crippen LogP contribution in [0.4, 0.5) is 9.18 Å². The van der Waals surface area contributed by atoms with Crippen molar-refractivity contribution in [2.75, 3.05) is 7.11 Å². The van der Waals surface area contributed by atoms with Gasteiger partial charge in [-0.05, 0) is 24.6 Å². The number of aryl methyl sites for hydroxylation is 1. The van der Waals surface area contributed by atoms with E-state index < -0.39 is 12.0 Å². The second-order valence-electron chi connectivity index (χ2n) is 4.48. The SMILES string of the molecule is COC(=O)Oc1ccccc1COc1cc(Cl)c(C)cc1F. The summed E-state index contributed by atoms with van der Waals surface area (Å²) in [6, 6.07) is 9.46. The number of rotatable bonds is 4. The van der Waals surface area contributed by atoms with Gasteiger partial charge < -0.3 is 14.2 Å². The number of benzene rings is 2. The molecule has 0 aliphatic heterocycles. The van der Waals surface area contributed by atoms with Crippen molar-refractivity contribution in [2.24, 2.45) is 0 Å². The first-order chi connectivity index (χ1) is 10.5. The van der Waals surface area contributed by atoms with Crippen LogP contribution in [-0.4, -0.2) is 13.3 Å². The summed E-state index contributed by atoms with van der Waals surface area (Å²) in [5, 5.41) is 0.412. The van der Waals surface area contributed by atoms with Gasteiger partial charge in [-0.1, -0.05) is 29.8 Å². The number of para-hydroxylation sites is 1. The minimum Gasteiger partial charge on any atom is -0.486 e. The summed E-state index contributed by atoms with van der Waals surface area (Å²) >= 11 is 5.95. The Morgan fingerprint density at radius 1 is 1.23 bits per heavy atom. The molecule has 0 N–H and O–H groups in total. The lowest BCUT2D eigenvalue weighted by Crippen LogP contribution is -2.09. The zero-order chi connectivity index (χ0) is 16.1. The number of halogens is 2. The van der Waals surface area contributed by atoms with Crippen LogP contribution in [0.3, 0.4) is 0 Å². The van der Waals surface area contributed by atoms with Gasteiger partial charge in [0.05, 0.1) is 7.11 Å². The number of methoxy groups -OCH3 is 1. The minimum atomic E-state index is -0.836. The number of ether oxygens (including phenoxy) is 3. The summed E-state index contributed by atoms with van der Waals surface area (Å²) in [5.74, 6) is -0.190. The molecule has 6 heteroatoms. The molecule has 22 heavy (non-hydrogen) atoms. The molecule has 0 saturated carbocycles. The topological polar surface area (TPSA) is 44.8 Å². The monoisotopic (exact) mass is 324 g/mol. The normalized spacial score (nSPS) is 10.2. The van der Waals surface area contributed by atoms with Crippen LogP contribution in [0.2, 0.25) is 5.02 Å². The molecule has 0 heterocycles. The Bertz CT molecular complexity index is 688. The zero-order valence-electron chi connectivity index (χ0n) is 12.1. The lowest BCUT2D eigenvalue weighted by atomic mass is 10.2. The average Bonchev–Trinajstić information content (AvgIpc) is 2.50. The minimum absolute atomic E-state index is 0.0173. The fourth-order valence-electron chi connectivity index (χ4n) is 1.75. The van der Waals surface area contributed by atoms with Crippen molar-refractivity contribution >= 4 is 17.8 Å². The maximum Gasteiger partial charge on any atom is 0.513 e. The summed E-state index contributed by atoms with van der Waals surface area (Å²) in [4.78, 5) is 11.2. The summed E-state index contributed by atoms with van der Waals surface area (Å²) in [6.45, 7) is 1.72. The zero-order valence-corrected chi connectivity index (χ0v) is 12.8. The van der Waals surface area contributed by atoms with Crippen molar-refractivity contribution in [3.05, 3.63) is 58.4 Å². The van der Waals surface area contributed by atoms with E-state index in [1.807, 2.05) is 0 Å². The fourth-order valence-corrected chi connectivity index (χ4v) is 1.90. The van der Waals surface area contributed by atoms with Gasteiger partial charge in [0.2, 0.25) is 0 Å². The molecule has 0 bridgehead atoms. The van der Waals surface area contributed by atoms with Crippen LogP contribution < -0.4 is 9.47 Å². The van der Waals surface area contributed by atoms with E-state index >= 15 is 0 Å². The van der Waals surface area contributed by atoms with E-state index in [0.717, 1.165) is 0 Å². The predicted molar refractivity (Wildman–Crippen MR) is 80.0 cm³/mol. The third kappa shape index (κ3) is 3.89. The van der Waals surface area contributed by atoms with Gasteiger partial charge in [0.25, 0.3) is 0 Å². The van der Waals surface area contributed by atoms with Gasteiger partial charge in [-0.15, -0.1) is 0 Å². The number of carbonyl (C=O) groups is 1. The highest BCUT2D eigenvalue weighted by atomic mass is 35.5. The van der Waals surface area contributed by atoms with Crippen LogP contribution in [0, 0.1) is 12.7 Å². The molecule has 2 aromatic carbocycles. The van der Waals surface area contributed by atoms with E-state index in [-0.39, 0.29) is 18.1 Å². The molecule has 0 atom stereocenters. The van der Waals surface area contributed by atoms with Gasteiger partial charge in [-0.3, -0.25) is 0 Å². The molecule has 0 aliphatic carbocycles. The number of carbonyl (C=O) groups excluding carboxylic acids is 1. The Morgan fingerprint density at radius 3 is 2.68 bits per heavy atom. The van der Waals surface area contributed by atoms with Crippen LogP contribution in [-0.2, 0) is 11.3 Å². The lowest BCUT2D eigenvalue weighted by Gasteiger charge is -2.12. The first-order valence-electron chi connectivity index (χ1n) is 6.43. The van der Waals surface area contributed by atoms with E-state index in [1.165, 1.54) is 19.2 Å². The highest BCUT2D eigenvalue weighted by molar-refractivity contribution is 6.31. The highest BCUT2D eigenvalue weighted by Crippen LogP contribution is 2.27. The van der Waals surface area contributed by atoms with E-state index in [4.69, 9.17) is 21.1 Å². The quantitative estimate of drug-likeness (QED) is 0.613. The van der Waals surface area contributed by atoms with Crippen molar-refractivity contribution in [1.82, 2.24) is 0 Å². The van der Waals surface area contributed by atoms with E-state index in [9.17, 15) is 9.18 Å². The predicted octanol–water partition coefficient (Wildman–Crippen LogP) is 4.51. The van der Waals surface area contributed by atoms with Gasteiger partial charge in [-0.25, -0.2) is 9.18 Å². The first-order valence-corrected chi connectivity index (χ1v) is 6.81. The molecule has 0 aromatic heterocycles.